The largest absolute Gasteiger partial charge is 0.378 e. The zero-order valence-electron chi connectivity index (χ0n) is 15.5. The third-order valence-corrected chi connectivity index (χ3v) is 6.30. The van der Waals surface area contributed by atoms with E-state index in [1.807, 2.05) is 51.0 Å². The molecule has 3 rings (SSSR count). The van der Waals surface area contributed by atoms with E-state index in [0.717, 1.165) is 27.9 Å². The van der Waals surface area contributed by atoms with Crippen molar-refractivity contribution < 1.29 is 8.42 Å². The number of aryl methyl sites for hydroxylation is 2. The van der Waals surface area contributed by atoms with E-state index in [-0.39, 0.29) is 0 Å². The van der Waals surface area contributed by atoms with Crippen LogP contribution in [0.5, 0.6) is 0 Å². The minimum Gasteiger partial charge on any atom is -0.378 e. The summed E-state index contributed by atoms with van der Waals surface area (Å²) < 4.78 is 25.7. The number of hydrogen-bond acceptors (Lipinski definition) is 3. The van der Waals surface area contributed by atoms with Crippen LogP contribution in [0.1, 0.15) is 11.1 Å². The van der Waals surface area contributed by atoms with Gasteiger partial charge in [-0.05, 0) is 66.9 Å². The average Bonchev–Trinajstić information content (AvgIpc) is 2.62. The standard InChI is InChI=1S/C22H23NO2S/c1-16-5-11-20(12-6-16)26(24,25)21-13-14-22(17(2)15-21)18-7-9-19(10-8-18)23(3)4/h5-15H,1-4H3. The Labute approximate surface area is 155 Å². The summed E-state index contributed by atoms with van der Waals surface area (Å²) in [6, 6.07) is 20.5. The average molecular weight is 365 g/mol. The van der Waals surface area contributed by atoms with Crippen LogP contribution in [0, 0.1) is 13.8 Å². The number of sulfone groups is 1. The molecule has 134 valence electrons. The summed E-state index contributed by atoms with van der Waals surface area (Å²) in [4.78, 5) is 2.70. The van der Waals surface area contributed by atoms with Crippen LogP contribution in [0.15, 0.2) is 76.5 Å². The van der Waals surface area contributed by atoms with Crippen molar-refractivity contribution in [3.05, 3.63) is 77.9 Å². The predicted molar refractivity (Wildman–Crippen MR) is 108 cm³/mol. The van der Waals surface area contributed by atoms with Crippen LogP contribution in [-0.2, 0) is 9.84 Å². The number of benzene rings is 3. The van der Waals surface area contributed by atoms with E-state index in [2.05, 4.69) is 24.3 Å². The predicted octanol–water partition coefficient (Wildman–Crippen LogP) is 4.87. The third kappa shape index (κ3) is 3.51. The minimum absolute atomic E-state index is 0.325. The molecule has 0 heterocycles. The maximum absolute atomic E-state index is 12.9. The molecule has 0 aliphatic heterocycles. The molecule has 3 nitrogen and oxygen atoms in total. The molecular formula is C22H23NO2S. The van der Waals surface area contributed by atoms with Crippen molar-refractivity contribution in [1.29, 1.82) is 0 Å². The van der Waals surface area contributed by atoms with Gasteiger partial charge in [-0.2, -0.15) is 0 Å². The molecule has 0 saturated carbocycles. The second kappa shape index (κ2) is 6.96. The zero-order valence-corrected chi connectivity index (χ0v) is 16.3. The lowest BCUT2D eigenvalue weighted by atomic mass is 10.0. The molecule has 3 aromatic carbocycles. The Kier molecular flexibility index (Phi) is 4.88. The van der Waals surface area contributed by atoms with Crippen molar-refractivity contribution in [3.8, 4) is 11.1 Å². The van der Waals surface area contributed by atoms with Crippen molar-refractivity contribution >= 4 is 15.5 Å². The molecule has 4 heteroatoms. The molecule has 0 amide bonds. The fraction of sp³-hybridized carbons (Fsp3) is 0.182. The van der Waals surface area contributed by atoms with Gasteiger partial charge in [0.15, 0.2) is 0 Å². The fourth-order valence-corrected chi connectivity index (χ4v) is 4.27. The summed E-state index contributed by atoms with van der Waals surface area (Å²) in [5.41, 5.74) is 5.22. The van der Waals surface area contributed by atoms with E-state index in [1.54, 1.807) is 24.3 Å². The molecule has 0 bridgehead atoms. The lowest BCUT2D eigenvalue weighted by molar-refractivity contribution is 0.596. The highest BCUT2D eigenvalue weighted by atomic mass is 32.2. The van der Waals surface area contributed by atoms with Crippen molar-refractivity contribution in [2.24, 2.45) is 0 Å². The summed E-state index contributed by atoms with van der Waals surface area (Å²) in [7, 11) is 0.508. The van der Waals surface area contributed by atoms with Gasteiger partial charge in [-0.1, -0.05) is 35.9 Å². The Bertz CT molecular complexity index is 1020. The Hall–Kier alpha value is -2.59. The highest BCUT2D eigenvalue weighted by molar-refractivity contribution is 7.91. The topological polar surface area (TPSA) is 37.4 Å². The van der Waals surface area contributed by atoms with Crippen LogP contribution in [0.2, 0.25) is 0 Å². The van der Waals surface area contributed by atoms with Crippen LogP contribution in [0.3, 0.4) is 0 Å². The minimum atomic E-state index is -3.50. The van der Waals surface area contributed by atoms with Crippen LogP contribution < -0.4 is 4.90 Å². The Morgan fingerprint density at radius 2 is 1.31 bits per heavy atom. The molecule has 0 unspecified atom stereocenters. The van der Waals surface area contributed by atoms with Crippen LogP contribution in [0.4, 0.5) is 5.69 Å². The Balaban J connectivity index is 1.98. The van der Waals surface area contributed by atoms with Gasteiger partial charge in [0.2, 0.25) is 9.84 Å². The van der Waals surface area contributed by atoms with Gasteiger partial charge in [0, 0.05) is 19.8 Å². The lowest BCUT2D eigenvalue weighted by Gasteiger charge is -2.14. The summed E-state index contributed by atoms with van der Waals surface area (Å²) in [5.74, 6) is 0. The molecule has 0 saturated heterocycles. The van der Waals surface area contributed by atoms with Gasteiger partial charge in [-0.15, -0.1) is 0 Å². The molecule has 0 N–H and O–H groups in total. The van der Waals surface area contributed by atoms with Crippen LogP contribution >= 0.6 is 0 Å². The summed E-state index contributed by atoms with van der Waals surface area (Å²) in [6.07, 6.45) is 0. The summed E-state index contributed by atoms with van der Waals surface area (Å²) in [5, 5.41) is 0. The van der Waals surface area contributed by atoms with Gasteiger partial charge in [-0.25, -0.2) is 8.42 Å². The molecule has 0 spiro atoms. The van der Waals surface area contributed by atoms with Gasteiger partial charge >= 0.3 is 0 Å². The number of anilines is 1. The van der Waals surface area contributed by atoms with E-state index in [4.69, 9.17) is 0 Å². The highest BCUT2D eigenvalue weighted by Gasteiger charge is 2.18. The van der Waals surface area contributed by atoms with Crippen molar-refractivity contribution in [1.82, 2.24) is 0 Å². The highest BCUT2D eigenvalue weighted by Crippen LogP contribution is 2.29. The molecule has 0 fully saturated rings. The van der Waals surface area contributed by atoms with Gasteiger partial charge < -0.3 is 4.90 Å². The number of hydrogen-bond donors (Lipinski definition) is 0. The van der Waals surface area contributed by atoms with Gasteiger partial charge in [0.25, 0.3) is 0 Å². The number of nitrogens with zero attached hydrogens (tertiary/aromatic N) is 1. The molecule has 0 aliphatic rings. The van der Waals surface area contributed by atoms with Crippen molar-refractivity contribution in [2.45, 2.75) is 23.6 Å². The summed E-state index contributed by atoms with van der Waals surface area (Å²) in [6.45, 7) is 3.89. The van der Waals surface area contributed by atoms with E-state index >= 15 is 0 Å². The molecule has 0 radical (unpaired) electrons. The smallest absolute Gasteiger partial charge is 0.206 e. The quantitative estimate of drug-likeness (QED) is 0.662. The third-order valence-electron chi connectivity index (χ3n) is 4.53. The summed E-state index contributed by atoms with van der Waals surface area (Å²) >= 11 is 0. The first-order chi connectivity index (χ1) is 12.3. The van der Waals surface area contributed by atoms with Crippen LogP contribution in [0.25, 0.3) is 11.1 Å². The van der Waals surface area contributed by atoms with Gasteiger partial charge in [0.1, 0.15) is 0 Å². The van der Waals surface area contributed by atoms with Crippen molar-refractivity contribution in [2.75, 3.05) is 19.0 Å². The second-order valence-electron chi connectivity index (χ2n) is 6.73. The second-order valence-corrected chi connectivity index (χ2v) is 8.68. The maximum atomic E-state index is 12.9. The fourth-order valence-electron chi connectivity index (χ4n) is 2.92. The Morgan fingerprint density at radius 1 is 0.731 bits per heavy atom. The molecule has 26 heavy (non-hydrogen) atoms. The van der Waals surface area contributed by atoms with Gasteiger partial charge in [0.05, 0.1) is 9.79 Å². The number of rotatable bonds is 4. The molecule has 0 aromatic heterocycles. The van der Waals surface area contributed by atoms with Crippen LogP contribution in [-0.4, -0.2) is 22.5 Å². The zero-order chi connectivity index (χ0) is 18.9. The van der Waals surface area contributed by atoms with Crippen molar-refractivity contribution in [3.63, 3.8) is 0 Å². The molecule has 0 atom stereocenters. The first kappa shape index (κ1) is 18.2. The maximum Gasteiger partial charge on any atom is 0.206 e. The monoisotopic (exact) mass is 365 g/mol. The van der Waals surface area contributed by atoms with E-state index in [1.165, 1.54) is 0 Å². The lowest BCUT2D eigenvalue weighted by Crippen LogP contribution is -2.08. The van der Waals surface area contributed by atoms with E-state index < -0.39 is 9.84 Å². The Morgan fingerprint density at radius 3 is 1.85 bits per heavy atom. The van der Waals surface area contributed by atoms with E-state index in [9.17, 15) is 8.42 Å². The molecule has 3 aromatic rings. The van der Waals surface area contributed by atoms with Gasteiger partial charge in [-0.3, -0.25) is 0 Å². The SMILES string of the molecule is Cc1ccc(S(=O)(=O)c2ccc(-c3ccc(N(C)C)cc3)c(C)c2)cc1. The molecule has 0 aliphatic carbocycles. The first-order valence-electron chi connectivity index (χ1n) is 8.49. The van der Waals surface area contributed by atoms with E-state index in [0.29, 0.717) is 9.79 Å². The molecular weight excluding hydrogens is 342 g/mol. The first-order valence-corrected chi connectivity index (χ1v) is 9.97. The normalized spacial score (nSPS) is 11.4.